The summed E-state index contributed by atoms with van der Waals surface area (Å²) in [6.07, 6.45) is 4.81. The van der Waals surface area contributed by atoms with E-state index in [0.29, 0.717) is 5.92 Å². The van der Waals surface area contributed by atoms with Crippen LogP contribution in [0.1, 0.15) is 26.1 Å². The molecule has 0 bridgehead atoms. The van der Waals surface area contributed by atoms with Crippen LogP contribution in [-0.2, 0) is 13.1 Å². The monoisotopic (exact) mass is 381 g/mol. The summed E-state index contributed by atoms with van der Waals surface area (Å²) in [5.41, 5.74) is 2.27. The topological polar surface area (TPSA) is 72.1 Å². The second-order valence-corrected chi connectivity index (χ2v) is 7.13. The Morgan fingerprint density at radius 2 is 2.07 bits per heavy atom. The lowest BCUT2D eigenvalue weighted by molar-refractivity contribution is 0.458. The molecule has 3 aromatic rings. The number of fused-ring (bicyclic) bond motifs is 1. The number of aryl methyl sites for hydroxylation is 2. The molecule has 0 aliphatic carbocycles. The maximum Gasteiger partial charge on any atom is 0.191 e. The fourth-order valence-corrected chi connectivity index (χ4v) is 3.30. The zero-order valence-electron chi connectivity index (χ0n) is 17.1. The first-order valence-corrected chi connectivity index (χ1v) is 10.1. The number of hydrogen-bond donors (Lipinski definition) is 2. The van der Waals surface area contributed by atoms with Crippen LogP contribution in [0.25, 0.3) is 11.0 Å². The van der Waals surface area contributed by atoms with Crippen molar-refractivity contribution in [3.63, 3.8) is 0 Å². The largest absolute Gasteiger partial charge is 0.357 e. The van der Waals surface area contributed by atoms with Gasteiger partial charge in [-0.15, -0.1) is 0 Å². The van der Waals surface area contributed by atoms with E-state index in [-0.39, 0.29) is 0 Å². The second-order valence-electron chi connectivity index (χ2n) is 7.13. The van der Waals surface area contributed by atoms with Crippen molar-refractivity contribution >= 4 is 17.0 Å². The quantitative estimate of drug-likeness (QED) is 0.340. The minimum Gasteiger partial charge on any atom is -0.357 e. The third-order valence-electron chi connectivity index (χ3n) is 4.66. The summed E-state index contributed by atoms with van der Waals surface area (Å²) < 4.78 is 4.24. The highest BCUT2D eigenvalue weighted by Crippen LogP contribution is 2.15. The second kappa shape index (κ2) is 9.92. The standard InChI is InChI=1S/C21H31N7/c1-4-22-21(24-15-17(2)16-27-13-8-12-25-27)23-11-7-14-28-18(3)26-19-9-5-6-10-20(19)28/h5-6,8-10,12-13,17H,4,7,11,14-16H2,1-3H3,(H2,22,23,24). The first-order chi connectivity index (χ1) is 13.7. The Bertz CT molecular complexity index is 879. The molecule has 1 atom stereocenters. The third kappa shape index (κ3) is 5.34. The molecule has 150 valence electrons. The van der Waals surface area contributed by atoms with E-state index in [4.69, 9.17) is 4.99 Å². The van der Waals surface area contributed by atoms with Gasteiger partial charge in [-0.3, -0.25) is 9.67 Å². The van der Waals surface area contributed by atoms with Crippen molar-refractivity contribution in [3.8, 4) is 0 Å². The number of hydrogen-bond acceptors (Lipinski definition) is 3. The highest BCUT2D eigenvalue weighted by Gasteiger charge is 2.07. The van der Waals surface area contributed by atoms with Crippen LogP contribution in [0.2, 0.25) is 0 Å². The van der Waals surface area contributed by atoms with Gasteiger partial charge in [-0.1, -0.05) is 19.1 Å². The minimum absolute atomic E-state index is 0.426. The van der Waals surface area contributed by atoms with Crippen LogP contribution >= 0.6 is 0 Å². The summed E-state index contributed by atoms with van der Waals surface area (Å²) in [7, 11) is 0. The smallest absolute Gasteiger partial charge is 0.191 e. The lowest BCUT2D eigenvalue weighted by Crippen LogP contribution is -2.38. The molecule has 0 spiro atoms. The summed E-state index contributed by atoms with van der Waals surface area (Å²) in [6, 6.07) is 10.3. The average Bonchev–Trinajstić information content (AvgIpc) is 3.30. The van der Waals surface area contributed by atoms with Gasteiger partial charge in [0.25, 0.3) is 0 Å². The number of rotatable bonds is 9. The van der Waals surface area contributed by atoms with E-state index in [2.05, 4.69) is 64.3 Å². The Balaban J connectivity index is 1.48. The normalized spacial score (nSPS) is 13.0. The highest BCUT2D eigenvalue weighted by atomic mass is 15.3. The Morgan fingerprint density at radius 1 is 1.21 bits per heavy atom. The summed E-state index contributed by atoms with van der Waals surface area (Å²) in [4.78, 5) is 9.37. The van der Waals surface area contributed by atoms with Gasteiger partial charge in [0.2, 0.25) is 0 Å². The van der Waals surface area contributed by atoms with E-state index in [1.54, 1.807) is 0 Å². The molecule has 0 amide bonds. The van der Waals surface area contributed by atoms with Gasteiger partial charge in [-0.05, 0) is 44.4 Å². The Kier molecular flexibility index (Phi) is 7.06. The SMILES string of the molecule is CCNC(=NCC(C)Cn1cccn1)NCCCn1c(C)nc2ccccc21. The molecule has 0 radical (unpaired) electrons. The van der Waals surface area contributed by atoms with Crippen molar-refractivity contribution in [3.05, 3.63) is 48.5 Å². The van der Waals surface area contributed by atoms with Crippen LogP contribution in [0.15, 0.2) is 47.7 Å². The van der Waals surface area contributed by atoms with Gasteiger partial charge in [0, 0.05) is 45.1 Å². The maximum atomic E-state index is 4.73. The van der Waals surface area contributed by atoms with E-state index in [9.17, 15) is 0 Å². The zero-order valence-corrected chi connectivity index (χ0v) is 17.1. The molecule has 0 saturated heterocycles. The molecule has 7 heteroatoms. The maximum absolute atomic E-state index is 4.73. The van der Waals surface area contributed by atoms with Crippen LogP contribution in [0.4, 0.5) is 0 Å². The number of imidazole rings is 1. The lowest BCUT2D eigenvalue weighted by atomic mass is 10.2. The molecule has 0 aliphatic rings. The zero-order chi connectivity index (χ0) is 19.8. The summed E-state index contributed by atoms with van der Waals surface area (Å²) in [6.45, 7) is 10.7. The Morgan fingerprint density at radius 3 is 2.86 bits per heavy atom. The molecule has 28 heavy (non-hydrogen) atoms. The molecular weight excluding hydrogens is 350 g/mol. The average molecular weight is 382 g/mol. The fourth-order valence-electron chi connectivity index (χ4n) is 3.30. The molecule has 7 nitrogen and oxygen atoms in total. The van der Waals surface area contributed by atoms with Gasteiger partial charge < -0.3 is 15.2 Å². The van der Waals surface area contributed by atoms with E-state index in [0.717, 1.165) is 56.4 Å². The van der Waals surface area contributed by atoms with E-state index in [1.807, 2.05) is 29.2 Å². The first-order valence-electron chi connectivity index (χ1n) is 10.1. The van der Waals surface area contributed by atoms with Gasteiger partial charge in [-0.2, -0.15) is 5.10 Å². The summed E-state index contributed by atoms with van der Waals surface area (Å²) in [5.74, 6) is 2.37. The van der Waals surface area contributed by atoms with Crippen molar-refractivity contribution < 1.29 is 0 Å². The molecular formula is C21H31N7. The Labute approximate surface area is 166 Å². The predicted octanol–water partition coefficient (Wildman–Crippen LogP) is 2.82. The molecule has 2 heterocycles. The molecule has 3 rings (SSSR count). The van der Waals surface area contributed by atoms with Gasteiger partial charge in [0.1, 0.15) is 5.82 Å². The number of nitrogens with zero attached hydrogens (tertiary/aromatic N) is 5. The third-order valence-corrected chi connectivity index (χ3v) is 4.66. The van der Waals surface area contributed by atoms with Gasteiger partial charge in [-0.25, -0.2) is 4.98 Å². The number of para-hydroxylation sites is 2. The number of aromatic nitrogens is 4. The number of benzene rings is 1. The lowest BCUT2D eigenvalue weighted by Gasteiger charge is -2.14. The van der Waals surface area contributed by atoms with Crippen molar-refractivity contribution in [2.75, 3.05) is 19.6 Å². The van der Waals surface area contributed by atoms with E-state index >= 15 is 0 Å². The molecule has 1 aromatic carbocycles. The summed E-state index contributed by atoms with van der Waals surface area (Å²) in [5, 5.41) is 11.0. The Hall–Kier alpha value is -2.83. The van der Waals surface area contributed by atoms with Crippen molar-refractivity contribution in [1.29, 1.82) is 0 Å². The van der Waals surface area contributed by atoms with E-state index in [1.165, 1.54) is 5.52 Å². The molecule has 0 fully saturated rings. The summed E-state index contributed by atoms with van der Waals surface area (Å²) >= 11 is 0. The molecule has 0 saturated carbocycles. The number of guanidine groups is 1. The van der Waals surface area contributed by atoms with Gasteiger partial charge in [0.15, 0.2) is 5.96 Å². The van der Waals surface area contributed by atoms with Crippen LogP contribution in [0.3, 0.4) is 0 Å². The van der Waals surface area contributed by atoms with Gasteiger partial charge in [0.05, 0.1) is 11.0 Å². The van der Waals surface area contributed by atoms with Gasteiger partial charge >= 0.3 is 0 Å². The molecule has 0 aliphatic heterocycles. The van der Waals surface area contributed by atoms with Crippen molar-refractivity contribution in [1.82, 2.24) is 30.0 Å². The number of nitrogens with one attached hydrogen (secondary N) is 2. The van der Waals surface area contributed by atoms with Crippen molar-refractivity contribution in [2.45, 2.75) is 40.3 Å². The van der Waals surface area contributed by atoms with E-state index < -0.39 is 0 Å². The molecule has 1 unspecified atom stereocenters. The van der Waals surface area contributed by atoms with Crippen molar-refractivity contribution in [2.24, 2.45) is 10.9 Å². The molecule has 2 aromatic heterocycles. The van der Waals surface area contributed by atoms with Crippen LogP contribution in [-0.4, -0.2) is 44.9 Å². The molecule has 2 N–H and O–H groups in total. The van der Waals surface area contributed by atoms with Crippen LogP contribution in [0, 0.1) is 12.8 Å². The number of aliphatic imine (C=N–C) groups is 1. The highest BCUT2D eigenvalue weighted by molar-refractivity contribution is 5.79. The van der Waals surface area contributed by atoms with Crippen LogP contribution < -0.4 is 10.6 Å². The first kappa shape index (κ1) is 19.9. The predicted molar refractivity (Wildman–Crippen MR) is 114 cm³/mol. The minimum atomic E-state index is 0.426. The fraction of sp³-hybridized carbons (Fsp3) is 0.476. The van der Waals surface area contributed by atoms with Crippen LogP contribution in [0.5, 0.6) is 0 Å².